The Morgan fingerprint density at radius 3 is 2.57 bits per heavy atom. The van der Waals surface area contributed by atoms with Gasteiger partial charge in [0, 0.05) is 23.9 Å². The first-order chi connectivity index (χ1) is 10.2. The zero-order valence-corrected chi connectivity index (χ0v) is 12.1. The minimum atomic E-state index is -0.294. The molecular weight excluding hydrogens is 271 g/mol. The highest BCUT2D eigenvalue weighted by molar-refractivity contribution is 5.50. The fourth-order valence-electron chi connectivity index (χ4n) is 2.15. The van der Waals surface area contributed by atoms with E-state index in [1.165, 1.54) is 12.1 Å². The van der Waals surface area contributed by atoms with Crippen molar-refractivity contribution in [3.63, 3.8) is 0 Å². The molecule has 0 heterocycles. The molecule has 1 atom stereocenters. The lowest BCUT2D eigenvalue weighted by atomic mass is 10.0. The number of ether oxygens (including phenoxy) is 2. The third-order valence-corrected chi connectivity index (χ3v) is 3.22. The molecule has 0 saturated heterocycles. The van der Waals surface area contributed by atoms with Crippen molar-refractivity contribution in [3.8, 4) is 11.5 Å². The maximum atomic E-state index is 13.3. The van der Waals surface area contributed by atoms with Crippen LogP contribution in [0.25, 0.3) is 0 Å². The predicted octanol–water partition coefficient (Wildman–Crippen LogP) is 2.95. The molecule has 112 valence electrons. The van der Waals surface area contributed by atoms with Crippen molar-refractivity contribution in [2.75, 3.05) is 26.1 Å². The van der Waals surface area contributed by atoms with E-state index >= 15 is 0 Å². The van der Waals surface area contributed by atoms with Crippen LogP contribution < -0.4 is 20.5 Å². The Morgan fingerprint density at radius 1 is 1.14 bits per heavy atom. The molecule has 0 bridgehead atoms. The van der Waals surface area contributed by atoms with Gasteiger partial charge in [0.05, 0.1) is 20.3 Å². The van der Waals surface area contributed by atoms with Crippen molar-refractivity contribution in [2.45, 2.75) is 6.04 Å². The van der Waals surface area contributed by atoms with Crippen LogP contribution in [0.5, 0.6) is 11.5 Å². The van der Waals surface area contributed by atoms with Crippen molar-refractivity contribution >= 4 is 5.69 Å². The van der Waals surface area contributed by atoms with Gasteiger partial charge in [0.1, 0.15) is 17.3 Å². The highest BCUT2D eigenvalue weighted by Gasteiger charge is 2.15. The van der Waals surface area contributed by atoms with E-state index in [0.717, 1.165) is 5.56 Å². The second kappa shape index (κ2) is 6.95. The summed E-state index contributed by atoms with van der Waals surface area (Å²) >= 11 is 0. The molecule has 4 nitrogen and oxygen atoms in total. The van der Waals surface area contributed by atoms with Gasteiger partial charge in [0.25, 0.3) is 0 Å². The number of nitrogens with one attached hydrogen (secondary N) is 1. The lowest BCUT2D eigenvalue weighted by Crippen LogP contribution is -2.21. The Labute approximate surface area is 123 Å². The number of methoxy groups -OCH3 is 2. The van der Waals surface area contributed by atoms with Crippen molar-refractivity contribution in [3.05, 3.63) is 53.8 Å². The van der Waals surface area contributed by atoms with Gasteiger partial charge >= 0.3 is 0 Å². The van der Waals surface area contributed by atoms with Gasteiger partial charge in [-0.2, -0.15) is 0 Å². The number of hydrogen-bond donors (Lipinski definition) is 2. The smallest absolute Gasteiger partial charge is 0.127 e. The molecule has 0 amide bonds. The number of nitrogens with two attached hydrogens (primary N) is 1. The number of rotatable bonds is 6. The lowest BCUT2D eigenvalue weighted by Gasteiger charge is -2.21. The Hall–Kier alpha value is -2.27. The molecule has 0 saturated carbocycles. The summed E-state index contributed by atoms with van der Waals surface area (Å²) in [5.41, 5.74) is 7.41. The Kier molecular flexibility index (Phi) is 5.00. The molecular formula is C16H19FN2O2. The van der Waals surface area contributed by atoms with E-state index in [0.29, 0.717) is 23.7 Å². The Bertz CT molecular complexity index is 605. The number of benzene rings is 2. The molecule has 2 aromatic carbocycles. The molecule has 0 spiro atoms. The van der Waals surface area contributed by atoms with Gasteiger partial charge in [-0.05, 0) is 30.3 Å². The summed E-state index contributed by atoms with van der Waals surface area (Å²) < 4.78 is 23.8. The molecule has 0 aliphatic carbocycles. The monoisotopic (exact) mass is 290 g/mol. The van der Waals surface area contributed by atoms with E-state index in [-0.39, 0.29) is 11.9 Å². The van der Waals surface area contributed by atoms with Gasteiger partial charge in [-0.15, -0.1) is 0 Å². The van der Waals surface area contributed by atoms with E-state index in [1.807, 2.05) is 12.1 Å². The van der Waals surface area contributed by atoms with Crippen LogP contribution in [0.1, 0.15) is 11.6 Å². The van der Waals surface area contributed by atoms with Crippen LogP contribution in [-0.4, -0.2) is 20.8 Å². The van der Waals surface area contributed by atoms with Crippen LogP contribution in [0.4, 0.5) is 10.1 Å². The molecule has 0 aromatic heterocycles. The van der Waals surface area contributed by atoms with E-state index in [4.69, 9.17) is 15.2 Å². The van der Waals surface area contributed by atoms with Crippen molar-refractivity contribution < 1.29 is 13.9 Å². The van der Waals surface area contributed by atoms with E-state index in [1.54, 1.807) is 32.4 Å². The maximum Gasteiger partial charge on any atom is 0.127 e. The van der Waals surface area contributed by atoms with Gasteiger partial charge in [0.2, 0.25) is 0 Å². The zero-order chi connectivity index (χ0) is 15.2. The summed E-state index contributed by atoms with van der Waals surface area (Å²) in [4.78, 5) is 0. The van der Waals surface area contributed by atoms with Crippen LogP contribution in [0.2, 0.25) is 0 Å². The second-order valence-electron chi connectivity index (χ2n) is 4.55. The third kappa shape index (κ3) is 3.64. The standard InChI is InChI=1S/C16H19FN2O2/c1-20-13-6-7-14(16(9-13)21-2)15(10-18)19-12-5-3-4-11(17)8-12/h3-9,15,19H,10,18H2,1-2H3. The second-order valence-corrected chi connectivity index (χ2v) is 4.55. The van der Waals surface area contributed by atoms with Crippen molar-refractivity contribution in [2.24, 2.45) is 5.73 Å². The Morgan fingerprint density at radius 2 is 1.95 bits per heavy atom. The predicted molar refractivity (Wildman–Crippen MR) is 81.4 cm³/mol. The Balaban J connectivity index is 2.28. The minimum Gasteiger partial charge on any atom is -0.497 e. The highest BCUT2D eigenvalue weighted by atomic mass is 19.1. The maximum absolute atomic E-state index is 13.3. The average molecular weight is 290 g/mol. The lowest BCUT2D eigenvalue weighted by molar-refractivity contribution is 0.389. The molecule has 0 radical (unpaired) electrons. The van der Waals surface area contributed by atoms with Crippen LogP contribution in [0, 0.1) is 5.82 Å². The van der Waals surface area contributed by atoms with E-state index < -0.39 is 0 Å². The quantitative estimate of drug-likeness (QED) is 0.859. The summed E-state index contributed by atoms with van der Waals surface area (Å²) in [6.07, 6.45) is 0. The molecule has 3 N–H and O–H groups in total. The summed E-state index contributed by atoms with van der Waals surface area (Å²) in [7, 11) is 3.19. The van der Waals surface area contributed by atoms with Gasteiger partial charge in [0.15, 0.2) is 0 Å². The molecule has 2 aromatic rings. The number of anilines is 1. The average Bonchev–Trinajstić information content (AvgIpc) is 2.52. The van der Waals surface area contributed by atoms with E-state index in [2.05, 4.69) is 5.32 Å². The third-order valence-electron chi connectivity index (χ3n) is 3.22. The van der Waals surface area contributed by atoms with Crippen LogP contribution >= 0.6 is 0 Å². The van der Waals surface area contributed by atoms with Crippen LogP contribution in [0.15, 0.2) is 42.5 Å². The normalized spacial score (nSPS) is 11.8. The van der Waals surface area contributed by atoms with Gasteiger partial charge in [-0.3, -0.25) is 0 Å². The topological polar surface area (TPSA) is 56.5 Å². The SMILES string of the molecule is COc1ccc(C(CN)Nc2cccc(F)c2)c(OC)c1. The first-order valence-corrected chi connectivity index (χ1v) is 6.62. The molecule has 0 fully saturated rings. The molecule has 0 aliphatic rings. The number of hydrogen-bond acceptors (Lipinski definition) is 4. The first-order valence-electron chi connectivity index (χ1n) is 6.62. The van der Waals surface area contributed by atoms with Crippen molar-refractivity contribution in [1.82, 2.24) is 0 Å². The highest BCUT2D eigenvalue weighted by Crippen LogP contribution is 2.31. The summed E-state index contributed by atoms with van der Waals surface area (Å²) in [6.45, 7) is 0.346. The van der Waals surface area contributed by atoms with Gasteiger partial charge in [-0.1, -0.05) is 6.07 Å². The van der Waals surface area contributed by atoms with Crippen LogP contribution in [-0.2, 0) is 0 Å². The summed E-state index contributed by atoms with van der Waals surface area (Å²) in [6, 6.07) is 11.6. The first kappa shape index (κ1) is 15.1. The molecule has 0 aliphatic heterocycles. The van der Waals surface area contributed by atoms with Crippen molar-refractivity contribution in [1.29, 1.82) is 0 Å². The molecule has 5 heteroatoms. The fraction of sp³-hybridized carbons (Fsp3) is 0.250. The largest absolute Gasteiger partial charge is 0.497 e. The molecule has 2 rings (SSSR count). The summed E-state index contributed by atoms with van der Waals surface area (Å²) in [5, 5.41) is 3.21. The minimum absolute atomic E-state index is 0.187. The summed E-state index contributed by atoms with van der Waals surface area (Å²) in [5.74, 6) is 1.09. The fourth-order valence-corrected chi connectivity index (χ4v) is 2.15. The molecule has 21 heavy (non-hydrogen) atoms. The van der Waals surface area contributed by atoms with Crippen LogP contribution in [0.3, 0.4) is 0 Å². The van der Waals surface area contributed by atoms with E-state index in [9.17, 15) is 4.39 Å². The number of halogens is 1. The van der Waals surface area contributed by atoms with Gasteiger partial charge in [-0.25, -0.2) is 4.39 Å². The zero-order valence-electron chi connectivity index (χ0n) is 12.1. The molecule has 1 unspecified atom stereocenters. The van der Waals surface area contributed by atoms with Gasteiger partial charge < -0.3 is 20.5 Å².